The Hall–Kier alpha value is -1.74. The monoisotopic (exact) mass is 227 g/mol. The molecule has 0 aliphatic carbocycles. The molecule has 0 saturated carbocycles. The van der Waals surface area contributed by atoms with Gasteiger partial charge >= 0.3 is 0 Å². The maximum absolute atomic E-state index is 4.08. The highest BCUT2D eigenvalue weighted by Crippen LogP contribution is 2.24. The molecule has 88 valence electrons. The summed E-state index contributed by atoms with van der Waals surface area (Å²) in [5, 5.41) is 3.31. The summed E-state index contributed by atoms with van der Waals surface area (Å²) in [4.78, 5) is 8.15. The van der Waals surface area contributed by atoms with Crippen molar-refractivity contribution in [3.8, 4) is 0 Å². The van der Waals surface area contributed by atoms with Crippen LogP contribution in [0.1, 0.15) is 28.3 Å². The van der Waals surface area contributed by atoms with E-state index in [-0.39, 0.29) is 6.04 Å². The number of aromatic nitrogens is 2. The highest BCUT2D eigenvalue weighted by atomic mass is 14.9. The van der Waals surface area contributed by atoms with E-state index in [1.165, 1.54) is 16.7 Å². The van der Waals surface area contributed by atoms with Crippen molar-refractivity contribution in [1.82, 2.24) is 15.3 Å². The van der Waals surface area contributed by atoms with Crippen molar-refractivity contribution in [2.24, 2.45) is 0 Å². The first-order chi connectivity index (χ1) is 8.22. The van der Waals surface area contributed by atoms with E-state index in [1.807, 2.05) is 19.4 Å². The quantitative estimate of drug-likeness (QED) is 0.875. The molecule has 2 rings (SSSR count). The maximum atomic E-state index is 4.08. The first kappa shape index (κ1) is 11.7. The third-order valence-corrected chi connectivity index (χ3v) is 2.94. The summed E-state index contributed by atoms with van der Waals surface area (Å²) in [6, 6.07) is 6.65. The van der Waals surface area contributed by atoms with Crippen LogP contribution < -0.4 is 5.32 Å². The molecule has 0 aliphatic rings. The van der Waals surface area contributed by atoms with Crippen molar-refractivity contribution in [1.29, 1.82) is 0 Å². The Morgan fingerprint density at radius 2 is 1.82 bits per heavy atom. The third-order valence-electron chi connectivity index (χ3n) is 2.94. The Balaban J connectivity index is 2.42. The summed E-state index contributed by atoms with van der Waals surface area (Å²) >= 11 is 0. The summed E-state index contributed by atoms with van der Waals surface area (Å²) in [5.74, 6) is 0. The summed E-state index contributed by atoms with van der Waals surface area (Å²) in [6.45, 7) is 4.24. The Kier molecular flexibility index (Phi) is 3.49. The van der Waals surface area contributed by atoms with Crippen LogP contribution in [-0.2, 0) is 0 Å². The lowest BCUT2D eigenvalue weighted by molar-refractivity contribution is 0.680. The predicted octanol–water partition coefficient (Wildman–Crippen LogP) is 2.40. The largest absolute Gasteiger partial charge is 0.309 e. The average molecular weight is 227 g/mol. The second-order valence-corrected chi connectivity index (χ2v) is 4.25. The molecule has 3 heteroatoms. The van der Waals surface area contributed by atoms with Crippen LogP contribution in [0.4, 0.5) is 0 Å². The van der Waals surface area contributed by atoms with Crippen LogP contribution in [0.3, 0.4) is 0 Å². The normalized spacial score (nSPS) is 12.4. The summed E-state index contributed by atoms with van der Waals surface area (Å²) in [6.07, 6.45) is 5.26. The van der Waals surface area contributed by atoms with E-state index in [0.717, 1.165) is 5.56 Å². The fraction of sp³-hybridized carbons (Fsp3) is 0.286. The molecule has 0 fully saturated rings. The lowest BCUT2D eigenvalue weighted by Crippen LogP contribution is -2.19. The van der Waals surface area contributed by atoms with Gasteiger partial charge in [-0.15, -0.1) is 0 Å². The van der Waals surface area contributed by atoms with E-state index in [2.05, 4.69) is 47.3 Å². The molecule has 1 N–H and O–H groups in total. The smallest absolute Gasteiger partial charge is 0.115 e. The van der Waals surface area contributed by atoms with E-state index < -0.39 is 0 Å². The zero-order valence-electron chi connectivity index (χ0n) is 10.4. The molecule has 1 aromatic heterocycles. The molecule has 0 radical (unpaired) electrons. The van der Waals surface area contributed by atoms with Gasteiger partial charge in [-0.1, -0.05) is 23.8 Å². The van der Waals surface area contributed by atoms with Gasteiger partial charge in [-0.3, -0.25) is 0 Å². The van der Waals surface area contributed by atoms with E-state index in [4.69, 9.17) is 0 Å². The molecule has 2 aromatic rings. The number of nitrogens with zero attached hydrogens (tertiary/aromatic N) is 2. The summed E-state index contributed by atoms with van der Waals surface area (Å²) in [7, 11) is 1.96. The summed E-state index contributed by atoms with van der Waals surface area (Å²) < 4.78 is 0. The van der Waals surface area contributed by atoms with Crippen LogP contribution >= 0.6 is 0 Å². The van der Waals surface area contributed by atoms with Crippen molar-refractivity contribution in [3.63, 3.8) is 0 Å². The van der Waals surface area contributed by atoms with Gasteiger partial charge in [0.2, 0.25) is 0 Å². The van der Waals surface area contributed by atoms with Crippen LogP contribution in [0.25, 0.3) is 0 Å². The standard InChI is InChI=1S/C14H17N3/c1-10-4-5-13(11(2)6-10)14(15-3)12-7-16-9-17-8-12/h4-9,14-15H,1-3H3. The van der Waals surface area contributed by atoms with Crippen LogP contribution in [0.5, 0.6) is 0 Å². The Morgan fingerprint density at radius 3 is 2.41 bits per heavy atom. The van der Waals surface area contributed by atoms with E-state index in [9.17, 15) is 0 Å². The predicted molar refractivity (Wildman–Crippen MR) is 68.9 cm³/mol. The van der Waals surface area contributed by atoms with Gasteiger partial charge in [-0.25, -0.2) is 9.97 Å². The Labute approximate surface area is 102 Å². The van der Waals surface area contributed by atoms with Gasteiger partial charge in [0.15, 0.2) is 0 Å². The van der Waals surface area contributed by atoms with Crippen LogP contribution in [0.2, 0.25) is 0 Å². The van der Waals surface area contributed by atoms with Gasteiger partial charge in [-0.05, 0) is 32.0 Å². The molecule has 3 nitrogen and oxygen atoms in total. The van der Waals surface area contributed by atoms with Crippen molar-refractivity contribution in [2.75, 3.05) is 7.05 Å². The highest BCUT2D eigenvalue weighted by Gasteiger charge is 2.14. The molecule has 0 spiro atoms. The first-order valence-corrected chi connectivity index (χ1v) is 5.71. The van der Waals surface area contributed by atoms with Crippen LogP contribution in [0, 0.1) is 13.8 Å². The zero-order valence-corrected chi connectivity index (χ0v) is 10.4. The number of hydrogen-bond donors (Lipinski definition) is 1. The number of benzene rings is 1. The van der Waals surface area contributed by atoms with E-state index in [0.29, 0.717) is 0 Å². The molecule has 0 aliphatic heterocycles. The molecule has 17 heavy (non-hydrogen) atoms. The molecule has 0 saturated heterocycles. The fourth-order valence-corrected chi connectivity index (χ4v) is 2.11. The summed E-state index contributed by atoms with van der Waals surface area (Å²) in [5.41, 5.74) is 4.92. The lowest BCUT2D eigenvalue weighted by atomic mass is 9.95. The van der Waals surface area contributed by atoms with Crippen LogP contribution in [0.15, 0.2) is 36.9 Å². The molecule has 1 atom stereocenters. The Morgan fingerprint density at radius 1 is 1.12 bits per heavy atom. The molecule has 0 amide bonds. The number of hydrogen-bond acceptors (Lipinski definition) is 3. The van der Waals surface area contributed by atoms with Crippen molar-refractivity contribution in [3.05, 3.63) is 59.2 Å². The second-order valence-electron chi connectivity index (χ2n) is 4.25. The van der Waals surface area contributed by atoms with Crippen molar-refractivity contribution < 1.29 is 0 Å². The molecule has 1 heterocycles. The zero-order chi connectivity index (χ0) is 12.3. The lowest BCUT2D eigenvalue weighted by Gasteiger charge is -2.19. The molecular weight excluding hydrogens is 210 g/mol. The van der Waals surface area contributed by atoms with Gasteiger partial charge in [0.1, 0.15) is 6.33 Å². The van der Waals surface area contributed by atoms with E-state index >= 15 is 0 Å². The fourth-order valence-electron chi connectivity index (χ4n) is 2.11. The van der Waals surface area contributed by atoms with Gasteiger partial charge in [0.05, 0.1) is 6.04 Å². The first-order valence-electron chi connectivity index (χ1n) is 5.71. The minimum absolute atomic E-state index is 0.150. The molecule has 0 bridgehead atoms. The topological polar surface area (TPSA) is 37.8 Å². The van der Waals surface area contributed by atoms with Crippen molar-refractivity contribution in [2.45, 2.75) is 19.9 Å². The molecular formula is C14H17N3. The minimum atomic E-state index is 0.150. The number of aryl methyl sites for hydroxylation is 2. The molecule has 1 aromatic carbocycles. The van der Waals surface area contributed by atoms with Crippen LogP contribution in [-0.4, -0.2) is 17.0 Å². The average Bonchev–Trinajstić information content (AvgIpc) is 2.34. The van der Waals surface area contributed by atoms with E-state index in [1.54, 1.807) is 6.33 Å². The number of rotatable bonds is 3. The van der Waals surface area contributed by atoms with Gasteiger partial charge in [-0.2, -0.15) is 0 Å². The Bertz CT molecular complexity index is 494. The maximum Gasteiger partial charge on any atom is 0.115 e. The highest BCUT2D eigenvalue weighted by molar-refractivity contribution is 5.37. The second kappa shape index (κ2) is 5.06. The third kappa shape index (κ3) is 2.50. The number of nitrogens with one attached hydrogen (secondary N) is 1. The SMILES string of the molecule is CNC(c1cncnc1)c1ccc(C)cc1C. The van der Waals surface area contributed by atoms with Gasteiger partial charge < -0.3 is 5.32 Å². The van der Waals surface area contributed by atoms with Gasteiger partial charge in [0, 0.05) is 18.0 Å². The van der Waals surface area contributed by atoms with Gasteiger partial charge in [0.25, 0.3) is 0 Å². The molecule has 1 unspecified atom stereocenters. The van der Waals surface area contributed by atoms with Crippen molar-refractivity contribution >= 4 is 0 Å². The minimum Gasteiger partial charge on any atom is -0.309 e.